The van der Waals surface area contributed by atoms with Crippen molar-refractivity contribution in [3.63, 3.8) is 0 Å². The largest absolute Gasteiger partial charge is 0.493 e. The van der Waals surface area contributed by atoms with Crippen LogP contribution in [0.4, 0.5) is 5.69 Å². The van der Waals surface area contributed by atoms with Gasteiger partial charge in [0, 0.05) is 18.9 Å². The van der Waals surface area contributed by atoms with Crippen LogP contribution in [0.5, 0.6) is 11.5 Å². The van der Waals surface area contributed by atoms with Crippen molar-refractivity contribution in [3.8, 4) is 11.5 Å². The maximum absolute atomic E-state index is 6.05. The van der Waals surface area contributed by atoms with Gasteiger partial charge in [0.25, 0.3) is 0 Å². The van der Waals surface area contributed by atoms with Crippen molar-refractivity contribution in [2.75, 3.05) is 19.5 Å². The number of rotatable bonds is 5. The molecule has 1 heterocycles. The molecule has 0 aliphatic carbocycles. The molecule has 0 aliphatic heterocycles. The Labute approximate surface area is 127 Å². The van der Waals surface area contributed by atoms with E-state index in [4.69, 9.17) is 32.7 Å². The van der Waals surface area contributed by atoms with Crippen molar-refractivity contribution in [1.82, 2.24) is 4.98 Å². The van der Waals surface area contributed by atoms with Crippen molar-refractivity contribution in [3.05, 3.63) is 46.2 Å². The molecule has 6 heteroatoms. The summed E-state index contributed by atoms with van der Waals surface area (Å²) in [7, 11) is 3.21. The zero-order valence-corrected chi connectivity index (χ0v) is 12.6. The molecule has 0 radical (unpaired) electrons. The fourth-order valence-corrected chi connectivity index (χ4v) is 2.26. The molecule has 1 N–H and O–H groups in total. The molecule has 0 amide bonds. The van der Waals surface area contributed by atoms with E-state index in [1.165, 1.54) is 0 Å². The number of aromatic nitrogens is 1. The standard InChI is InChI=1S/C14H14Cl2N2O2/c1-19-12-4-3-9(5-13(12)20-2)6-18-14-10(15)7-17-8-11(14)16/h3-5,7-8H,6H2,1-2H3,(H,17,18). The van der Waals surface area contributed by atoms with Crippen LogP contribution >= 0.6 is 23.2 Å². The molecule has 0 saturated heterocycles. The third-order valence-electron chi connectivity index (χ3n) is 2.77. The Hall–Kier alpha value is -1.65. The quantitative estimate of drug-likeness (QED) is 0.905. The first-order chi connectivity index (χ1) is 9.65. The fourth-order valence-electron chi connectivity index (χ4n) is 1.76. The lowest BCUT2D eigenvalue weighted by Gasteiger charge is -2.12. The Balaban J connectivity index is 2.15. The number of benzene rings is 1. The highest BCUT2D eigenvalue weighted by Gasteiger charge is 2.08. The molecule has 1 aromatic carbocycles. The highest BCUT2D eigenvalue weighted by Crippen LogP contribution is 2.31. The number of hydrogen-bond donors (Lipinski definition) is 1. The Morgan fingerprint density at radius 3 is 2.30 bits per heavy atom. The third-order valence-corrected chi connectivity index (χ3v) is 3.34. The van der Waals surface area contributed by atoms with E-state index in [0.717, 1.165) is 5.56 Å². The van der Waals surface area contributed by atoms with Crippen LogP contribution in [-0.2, 0) is 6.54 Å². The van der Waals surface area contributed by atoms with Crippen molar-refractivity contribution in [2.24, 2.45) is 0 Å². The first kappa shape index (κ1) is 14.8. The second-order valence-corrected chi connectivity index (χ2v) is 4.84. The van der Waals surface area contributed by atoms with E-state index in [9.17, 15) is 0 Å². The lowest BCUT2D eigenvalue weighted by atomic mass is 10.2. The van der Waals surface area contributed by atoms with Crippen molar-refractivity contribution < 1.29 is 9.47 Å². The topological polar surface area (TPSA) is 43.4 Å². The molecule has 0 saturated carbocycles. The number of nitrogens with one attached hydrogen (secondary N) is 1. The van der Waals surface area contributed by atoms with Gasteiger partial charge in [-0.3, -0.25) is 4.98 Å². The maximum Gasteiger partial charge on any atom is 0.161 e. The lowest BCUT2D eigenvalue weighted by Crippen LogP contribution is -2.02. The second kappa shape index (κ2) is 6.68. The summed E-state index contributed by atoms with van der Waals surface area (Å²) in [6.45, 7) is 0.559. The molecule has 4 nitrogen and oxygen atoms in total. The van der Waals surface area contributed by atoms with Gasteiger partial charge < -0.3 is 14.8 Å². The van der Waals surface area contributed by atoms with Gasteiger partial charge in [0.05, 0.1) is 30.0 Å². The average Bonchev–Trinajstić information content (AvgIpc) is 2.46. The van der Waals surface area contributed by atoms with Crippen LogP contribution in [0.3, 0.4) is 0 Å². The molecule has 2 aromatic rings. The maximum atomic E-state index is 6.05. The zero-order chi connectivity index (χ0) is 14.5. The molecule has 0 aliphatic rings. The zero-order valence-electron chi connectivity index (χ0n) is 11.1. The number of nitrogens with zero attached hydrogens (tertiary/aromatic N) is 1. The van der Waals surface area contributed by atoms with Crippen molar-refractivity contribution >= 4 is 28.9 Å². The molecule has 106 valence electrons. The van der Waals surface area contributed by atoms with Crippen LogP contribution in [0.2, 0.25) is 10.0 Å². The van der Waals surface area contributed by atoms with Crippen LogP contribution in [0.25, 0.3) is 0 Å². The van der Waals surface area contributed by atoms with Crippen LogP contribution < -0.4 is 14.8 Å². The summed E-state index contributed by atoms with van der Waals surface area (Å²) in [6.07, 6.45) is 3.09. The van der Waals surface area contributed by atoms with Crippen LogP contribution in [0, 0.1) is 0 Å². The molecule has 0 unspecified atom stereocenters. The van der Waals surface area contributed by atoms with Gasteiger partial charge in [0.2, 0.25) is 0 Å². The molecule has 20 heavy (non-hydrogen) atoms. The third kappa shape index (κ3) is 3.26. The van der Waals surface area contributed by atoms with E-state index in [-0.39, 0.29) is 0 Å². The lowest BCUT2D eigenvalue weighted by molar-refractivity contribution is 0.354. The molecule has 0 spiro atoms. The first-order valence-electron chi connectivity index (χ1n) is 5.89. The molecular weight excluding hydrogens is 299 g/mol. The summed E-state index contributed by atoms with van der Waals surface area (Å²) in [5, 5.41) is 4.15. The summed E-state index contributed by atoms with van der Waals surface area (Å²) in [4.78, 5) is 3.91. The summed E-state index contributed by atoms with van der Waals surface area (Å²) in [6, 6.07) is 5.69. The normalized spacial score (nSPS) is 10.2. The Bertz CT molecular complexity index is 585. The van der Waals surface area contributed by atoms with Gasteiger partial charge in [-0.1, -0.05) is 29.3 Å². The average molecular weight is 313 g/mol. The second-order valence-electron chi connectivity index (χ2n) is 4.02. The summed E-state index contributed by atoms with van der Waals surface area (Å²) >= 11 is 12.1. The summed E-state index contributed by atoms with van der Waals surface area (Å²) < 4.78 is 10.5. The Kier molecular flexibility index (Phi) is 4.93. The van der Waals surface area contributed by atoms with Gasteiger partial charge in [-0.2, -0.15) is 0 Å². The number of halogens is 2. The van der Waals surface area contributed by atoms with Crippen molar-refractivity contribution in [1.29, 1.82) is 0 Å². The smallest absolute Gasteiger partial charge is 0.161 e. The van der Waals surface area contributed by atoms with Gasteiger partial charge in [0.15, 0.2) is 11.5 Å². The number of hydrogen-bond acceptors (Lipinski definition) is 4. The predicted octanol–water partition coefficient (Wildman–Crippen LogP) is 4.02. The number of methoxy groups -OCH3 is 2. The minimum Gasteiger partial charge on any atom is -0.493 e. The predicted molar refractivity (Wildman–Crippen MR) is 81.1 cm³/mol. The van der Waals surface area contributed by atoms with Gasteiger partial charge in [0.1, 0.15) is 0 Å². The SMILES string of the molecule is COc1ccc(CNc2c(Cl)cncc2Cl)cc1OC. The minimum atomic E-state index is 0.484. The molecule has 0 bridgehead atoms. The highest BCUT2D eigenvalue weighted by molar-refractivity contribution is 6.38. The van der Waals surface area contributed by atoms with Gasteiger partial charge in [-0.25, -0.2) is 0 Å². The van der Waals surface area contributed by atoms with E-state index in [1.54, 1.807) is 26.6 Å². The van der Waals surface area contributed by atoms with E-state index in [1.807, 2.05) is 18.2 Å². The summed E-state index contributed by atoms with van der Waals surface area (Å²) in [5.74, 6) is 1.37. The minimum absolute atomic E-state index is 0.484. The Morgan fingerprint density at radius 2 is 1.70 bits per heavy atom. The molecule has 1 aromatic heterocycles. The van der Waals surface area contributed by atoms with Crippen LogP contribution in [0.1, 0.15) is 5.56 Å². The number of anilines is 1. The number of ether oxygens (including phenoxy) is 2. The molecule has 2 rings (SSSR count). The number of pyridine rings is 1. The van der Waals surface area contributed by atoms with E-state index in [2.05, 4.69) is 10.3 Å². The van der Waals surface area contributed by atoms with E-state index in [0.29, 0.717) is 33.8 Å². The van der Waals surface area contributed by atoms with Gasteiger partial charge in [-0.15, -0.1) is 0 Å². The van der Waals surface area contributed by atoms with Crippen molar-refractivity contribution in [2.45, 2.75) is 6.54 Å². The van der Waals surface area contributed by atoms with Crippen LogP contribution in [0.15, 0.2) is 30.6 Å². The van der Waals surface area contributed by atoms with E-state index < -0.39 is 0 Å². The van der Waals surface area contributed by atoms with Crippen LogP contribution in [-0.4, -0.2) is 19.2 Å². The fraction of sp³-hybridized carbons (Fsp3) is 0.214. The Morgan fingerprint density at radius 1 is 1.05 bits per heavy atom. The summed E-state index contributed by atoms with van der Waals surface area (Å²) in [5.41, 5.74) is 1.68. The molecule has 0 fully saturated rings. The monoisotopic (exact) mass is 312 g/mol. The van der Waals surface area contributed by atoms with Gasteiger partial charge >= 0.3 is 0 Å². The van der Waals surface area contributed by atoms with E-state index >= 15 is 0 Å². The van der Waals surface area contributed by atoms with Gasteiger partial charge in [-0.05, 0) is 17.7 Å². The molecule has 0 atom stereocenters. The molecular formula is C14H14Cl2N2O2. The first-order valence-corrected chi connectivity index (χ1v) is 6.65. The highest BCUT2D eigenvalue weighted by atomic mass is 35.5.